The fourth-order valence-corrected chi connectivity index (χ4v) is 2.12. The summed E-state index contributed by atoms with van der Waals surface area (Å²) in [5.41, 5.74) is 6.29. The average Bonchev–Trinajstić information content (AvgIpc) is 2.93. The van der Waals surface area contributed by atoms with Gasteiger partial charge < -0.3 is 15.8 Å². The van der Waals surface area contributed by atoms with Crippen molar-refractivity contribution >= 4 is 11.8 Å². The molecule has 5 heteroatoms. The van der Waals surface area contributed by atoms with Gasteiger partial charge in [-0.1, -0.05) is 30.3 Å². The third-order valence-electron chi connectivity index (χ3n) is 3.16. The SMILES string of the molecule is NC(=O)[C@@H](Cc1ccccc1)NC(=O)[C@@H]1CCCO1. The summed E-state index contributed by atoms with van der Waals surface area (Å²) < 4.78 is 5.28. The summed E-state index contributed by atoms with van der Waals surface area (Å²) in [6, 6.07) is 8.76. The molecule has 1 fully saturated rings. The standard InChI is InChI=1S/C14H18N2O3/c15-13(17)11(9-10-5-2-1-3-6-10)16-14(18)12-7-4-8-19-12/h1-3,5-6,11-12H,4,7-9H2,(H2,15,17)(H,16,18)/t11-,12+/m1/s1. The van der Waals surface area contributed by atoms with Crippen LogP contribution in [0.3, 0.4) is 0 Å². The molecule has 1 aliphatic heterocycles. The van der Waals surface area contributed by atoms with E-state index in [1.165, 1.54) is 0 Å². The molecule has 2 atom stereocenters. The van der Waals surface area contributed by atoms with Crippen LogP contribution in [0, 0.1) is 0 Å². The summed E-state index contributed by atoms with van der Waals surface area (Å²) in [5.74, 6) is -0.785. The maximum Gasteiger partial charge on any atom is 0.249 e. The number of nitrogens with one attached hydrogen (secondary N) is 1. The molecule has 0 bridgehead atoms. The fraction of sp³-hybridized carbons (Fsp3) is 0.429. The zero-order valence-electron chi connectivity index (χ0n) is 10.7. The molecule has 3 N–H and O–H groups in total. The van der Waals surface area contributed by atoms with Gasteiger partial charge in [0.15, 0.2) is 0 Å². The van der Waals surface area contributed by atoms with E-state index in [0.717, 1.165) is 12.0 Å². The number of hydrogen-bond donors (Lipinski definition) is 2. The van der Waals surface area contributed by atoms with Crippen molar-refractivity contribution in [3.05, 3.63) is 35.9 Å². The van der Waals surface area contributed by atoms with Crippen LogP contribution < -0.4 is 11.1 Å². The maximum absolute atomic E-state index is 11.9. The van der Waals surface area contributed by atoms with E-state index in [0.29, 0.717) is 19.4 Å². The number of carbonyl (C=O) groups excluding carboxylic acids is 2. The van der Waals surface area contributed by atoms with Crippen molar-refractivity contribution in [2.24, 2.45) is 5.73 Å². The van der Waals surface area contributed by atoms with Gasteiger partial charge >= 0.3 is 0 Å². The first-order valence-electron chi connectivity index (χ1n) is 6.42. The van der Waals surface area contributed by atoms with E-state index in [4.69, 9.17) is 10.5 Å². The molecule has 1 saturated heterocycles. The molecular weight excluding hydrogens is 244 g/mol. The molecule has 0 aliphatic carbocycles. The molecular formula is C14H18N2O3. The number of amides is 2. The maximum atomic E-state index is 11.9. The van der Waals surface area contributed by atoms with Crippen molar-refractivity contribution in [2.75, 3.05) is 6.61 Å². The lowest BCUT2D eigenvalue weighted by atomic mass is 10.1. The number of benzene rings is 1. The Labute approximate surface area is 112 Å². The number of ether oxygens (including phenoxy) is 1. The van der Waals surface area contributed by atoms with Gasteiger partial charge in [0.2, 0.25) is 11.8 Å². The van der Waals surface area contributed by atoms with Crippen LogP contribution in [-0.4, -0.2) is 30.6 Å². The van der Waals surface area contributed by atoms with E-state index in [1.807, 2.05) is 30.3 Å². The molecule has 0 aromatic heterocycles. The first-order valence-corrected chi connectivity index (χ1v) is 6.42. The lowest BCUT2D eigenvalue weighted by Crippen LogP contribution is -2.49. The summed E-state index contributed by atoms with van der Waals surface area (Å²) in [4.78, 5) is 23.3. The van der Waals surface area contributed by atoms with Crippen LogP contribution in [0.25, 0.3) is 0 Å². The van der Waals surface area contributed by atoms with E-state index in [-0.39, 0.29) is 5.91 Å². The average molecular weight is 262 g/mol. The first kappa shape index (κ1) is 13.5. The highest BCUT2D eigenvalue weighted by atomic mass is 16.5. The number of rotatable bonds is 5. The van der Waals surface area contributed by atoms with Gasteiger partial charge in [-0.3, -0.25) is 9.59 Å². The Kier molecular flexibility index (Phi) is 4.52. The van der Waals surface area contributed by atoms with Crippen molar-refractivity contribution in [3.8, 4) is 0 Å². The molecule has 0 unspecified atom stereocenters. The monoisotopic (exact) mass is 262 g/mol. The van der Waals surface area contributed by atoms with Gasteiger partial charge in [0, 0.05) is 13.0 Å². The molecule has 1 aliphatic rings. The Hall–Kier alpha value is -1.88. The van der Waals surface area contributed by atoms with Crippen LogP contribution in [-0.2, 0) is 20.7 Å². The van der Waals surface area contributed by atoms with Crippen LogP contribution in [0.1, 0.15) is 18.4 Å². The van der Waals surface area contributed by atoms with Crippen molar-refractivity contribution in [3.63, 3.8) is 0 Å². The van der Waals surface area contributed by atoms with E-state index < -0.39 is 18.1 Å². The smallest absolute Gasteiger partial charge is 0.249 e. The molecule has 19 heavy (non-hydrogen) atoms. The Morgan fingerprint density at radius 3 is 2.68 bits per heavy atom. The number of hydrogen-bond acceptors (Lipinski definition) is 3. The summed E-state index contributed by atoms with van der Waals surface area (Å²) in [6.45, 7) is 0.595. The zero-order chi connectivity index (χ0) is 13.7. The van der Waals surface area contributed by atoms with Crippen LogP contribution in [0.5, 0.6) is 0 Å². The van der Waals surface area contributed by atoms with E-state index >= 15 is 0 Å². The van der Waals surface area contributed by atoms with Gasteiger partial charge in [-0.25, -0.2) is 0 Å². The van der Waals surface area contributed by atoms with Gasteiger partial charge in [-0.05, 0) is 18.4 Å². The third-order valence-corrected chi connectivity index (χ3v) is 3.16. The van der Waals surface area contributed by atoms with Crippen LogP contribution in [0.2, 0.25) is 0 Å². The molecule has 1 aromatic rings. The normalized spacial score (nSPS) is 19.9. The molecule has 2 amide bonds. The highest BCUT2D eigenvalue weighted by Gasteiger charge is 2.27. The Morgan fingerprint density at radius 1 is 1.37 bits per heavy atom. The van der Waals surface area contributed by atoms with Gasteiger partial charge in [0.25, 0.3) is 0 Å². The molecule has 1 heterocycles. The second kappa shape index (κ2) is 6.33. The lowest BCUT2D eigenvalue weighted by molar-refractivity contribution is -0.133. The molecule has 102 valence electrons. The first-order chi connectivity index (χ1) is 9.16. The fourth-order valence-electron chi connectivity index (χ4n) is 2.12. The predicted molar refractivity (Wildman–Crippen MR) is 70.2 cm³/mol. The van der Waals surface area contributed by atoms with E-state index in [2.05, 4.69) is 5.32 Å². The summed E-state index contributed by atoms with van der Waals surface area (Å²) >= 11 is 0. The Morgan fingerprint density at radius 2 is 2.11 bits per heavy atom. The van der Waals surface area contributed by atoms with Gasteiger partial charge in [0.05, 0.1) is 0 Å². The van der Waals surface area contributed by atoms with Crippen molar-refractivity contribution < 1.29 is 14.3 Å². The zero-order valence-corrected chi connectivity index (χ0v) is 10.7. The van der Waals surface area contributed by atoms with Crippen molar-refractivity contribution in [1.29, 1.82) is 0 Å². The van der Waals surface area contributed by atoms with Crippen LogP contribution in [0.15, 0.2) is 30.3 Å². The van der Waals surface area contributed by atoms with Crippen LogP contribution >= 0.6 is 0 Å². The summed E-state index contributed by atoms with van der Waals surface area (Å²) in [5, 5.41) is 2.67. The Bertz CT molecular complexity index is 441. The quantitative estimate of drug-likeness (QED) is 0.804. The highest BCUT2D eigenvalue weighted by Crippen LogP contribution is 2.12. The molecule has 5 nitrogen and oxygen atoms in total. The molecule has 1 aromatic carbocycles. The van der Waals surface area contributed by atoms with Gasteiger partial charge in [0.1, 0.15) is 12.1 Å². The van der Waals surface area contributed by atoms with Gasteiger partial charge in [-0.15, -0.1) is 0 Å². The Balaban J connectivity index is 1.96. The second-order valence-electron chi connectivity index (χ2n) is 4.65. The minimum Gasteiger partial charge on any atom is -0.368 e. The highest BCUT2D eigenvalue weighted by molar-refractivity contribution is 5.88. The number of nitrogens with two attached hydrogens (primary N) is 1. The number of carbonyl (C=O) groups is 2. The van der Waals surface area contributed by atoms with Gasteiger partial charge in [-0.2, -0.15) is 0 Å². The largest absolute Gasteiger partial charge is 0.368 e. The minimum atomic E-state index is -0.695. The molecule has 0 spiro atoms. The number of primary amides is 1. The summed E-state index contributed by atoms with van der Waals surface area (Å²) in [7, 11) is 0. The molecule has 0 saturated carbocycles. The third kappa shape index (κ3) is 3.79. The minimum absolute atomic E-state index is 0.253. The van der Waals surface area contributed by atoms with Crippen molar-refractivity contribution in [2.45, 2.75) is 31.4 Å². The predicted octanol–water partition coefficient (Wildman–Crippen LogP) is 0.378. The van der Waals surface area contributed by atoms with E-state index in [1.54, 1.807) is 0 Å². The lowest BCUT2D eigenvalue weighted by Gasteiger charge is -2.18. The second-order valence-corrected chi connectivity index (χ2v) is 4.65. The summed E-state index contributed by atoms with van der Waals surface area (Å²) in [6.07, 6.45) is 1.52. The van der Waals surface area contributed by atoms with Crippen molar-refractivity contribution in [1.82, 2.24) is 5.32 Å². The topological polar surface area (TPSA) is 81.4 Å². The van der Waals surface area contributed by atoms with E-state index in [9.17, 15) is 9.59 Å². The van der Waals surface area contributed by atoms with Crippen LogP contribution in [0.4, 0.5) is 0 Å². The molecule has 2 rings (SSSR count). The molecule has 0 radical (unpaired) electrons.